The molecule has 0 fully saturated rings. The first-order valence-corrected chi connectivity index (χ1v) is 5.20. The summed E-state index contributed by atoms with van der Waals surface area (Å²) in [4.78, 5) is 4.44. The van der Waals surface area contributed by atoms with Crippen LogP contribution >= 0.6 is 0 Å². The first kappa shape index (κ1) is 9.51. The number of hydrogen-bond acceptors (Lipinski definition) is 3. The van der Waals surface area contributed by atoms with Crippen LogP contribution in [0.25, 0.3) is 17.0 Å². The average Bonchev–Trinajstić information content (AvgIpc) is 2.32. The van der Waals surface area contributed by atoms with Gasteiger partial charge >= 0.3 is 0 Å². The highest BCUT2D eigenvalue weighted by atomic mass is 16.3. The monoisotopic (exact) mass is 213 g/mol. The third-order valence-corrected chi connectivity index (χ3v) is 2.88. The summed E-state index contributed by atoms with van der Waals surface area (Å²) < 4.78 is 0. The Hall–Kier alpha value is -1.71. The van der Waals surface area contributed by atoms with E-state index in [0.29, 0.717) is 5.56 Å². The fourth-order valence-corrected chi connectivity index (χ4v) is 2.00. The lowest BCUT2D eigenvalue weighted by molar-refractivity contribution is 0.0468. The number of rotatable bonds is 0. The third-order valence-electron chi connectivity index (χ3n) is 2.88. The second-order valence-electron chi connectivity index (χ2n) is 3.95. The predicted octanol–water partition coefficient (Wildman–Crippen LogP) is 1.66. The van der Waals surface area contributed by atoms with Crippen LogP contribution in [0.15, 0.2) is 36.4 Å². The van der Waals surface area contributed by atoms with E-state index < -0.39 is 12.2 Å². The summed E-state index contributed by atoms with van der Waals surface area (Å²) in [5, 5.41) is 20.4. The number of para-hydroxylation sites is 1. The standard InChI is InChI=1S/C13H11NO2/c15-12-6-5-11-9(13(12)16)7-8-3-1-2-4-10(8)14-11/h1-7,12-13,15-16H. The maximum Gasteiger partial charge on any atom is 0.111 e. The first-order valence-electron chi connectivity index (χ1n) is 5.20. The summed E-state index contributed by atoms with van der Waals surface area (Å²) in [6.45, 7) is 0. The lowest BCUT2D eigenvalue weighted by atomic mass is 9.95. The van der Waals surface area contributed by atoms with Gasteiger partial charge in [-0.05, 0) is 18.2 Å². The van der Waals surface area contributed by atoms with Gasteiger partial charge in [0, 0.05) is 10.9 Å². The Balaban J connectivity index is 2.29. The molecule has 0 amide bonds. The Bertz CT molecular complexity index is 577. The minimum absolute atomic E-state index is 0.689. The second-order valence-corrected chi connectivity index (χ2v) is 3.95. The zero-order chi connectivity index (χ0) is 11.1. The van der Waals surface area contributed by atoms with E-state index in [2.05, 4.69) is 4.98 Å². The molecule has 1 aromatic carbocycles. The summed E-state index contributed by atoms with van der Waals surface area (Å²) in [6, 6.07) is 9.62. The zero-order valence-corrected chi connectivity index (χ0v) is 8.54. The average molecular weight is 213 g/mol. The molecule has 2 atom stereocenters. The molecule has 0 radical (unpaired) electrons. The molecule has 0 spiro atoms. The predicted molar refractivity (Wildman–Crippen MR) is 61.7 cm³/mol. The maximum atomic E-state index is 9.85. The molecule has 2 aromatic rings. The molecule has 3 rings (SSSR count). The van der Waals surface area contributed by atoms with Crippen LogP contribution in [0.2, 0.25) is 0 Å². The van der Waals surface area contributed by atoms with Gasteiger partial charge in [-0.3, -0.25) is 0 Å². The minimum atomic E-state index is -0.878. The van der Waals surface area contributed by atoms with Crippen molar-refractivity contribution in [3.63, 3.8) is 0 Å². The van der Waals surface area contributed by atoms with Crippen LogP contribution in [0.1, 0.15) is 17.4 Å². The van der Waals surface area contributed by atoms with Crippen molar-refractivity contribution in [2.24, 2.45) is 0 Å². The molecular formula is C13H11NO2. The highest BCUT2D eigenvalue weighted by molar-refractivity contribution is 5.81. The van der Waals surface area contributed by atoms with Crippen LogP contribution in [0.4, 0.5) is 0 Å². The minimum Gasteiger partial charge on any atom is -0.386 e. The molecule has 1 aromatic heterocycles. The van der Waals surface area contributed by atoms with Gasteiger partial charge in [0.1, 0.15) is 12.2 Å². The molecule has 2 unspecified atom stereocenters. The van der Waals surface area contributed by atoms with E-state index in [-0.39, 0.29) is 0 Å². The van der Waals surface area contributed by atoms with Gasteiger partial charge in [0.05, 0.1) is 11.2 Å². The van der Waals surface area contributed by atoms with Gasteiger partial charge in [0.25, 0.3) is 0 Å². The molecule has 0 saturated carbocycles. The Kier molecular flexibility index (Phi) is 2.02. The number of aliphatic hydroxyl groups is 2. The first-order chi connectivity index (χ1) is 7.75. The zero-order valence-electron chi connectivity index (χ0n) is 8.54. The largest absolute Gasteiger partial charge is 0.386 e. The van der Waals surface area contributed by atoms with E-state index in [0.717, 1.165) is 16.6 Å². The van der Waals surface area contributed by atoms with Crippen molar-refractivity contribution < 1.29 is 10.2 Å². The highest BCUT2D eigenvalue weighted by Crippen LogP contribution is 2.29. The van der Waals surface area contributed by atoms with Crippen LogP contribution in [-0.2, 0) is 0 Å². The van der Waals surface area contributed by atoms with Gasteiger partial charge < -0.3 is 10.2 Å². The summed E-state index contributed by atoms with van der Waals surface area (Å²) in [7, 11) is 0. The molecule has 0 saturated heterocycles. The molecule has 16 heavy (non-hydrogen) atoms. The summed E-state index contributed by atoms with van der Waals surface area (Å²) in [5.74, 6) is 0. The van der Waals surface area contributed by atoms with E-state index in [1.807, 2.05) is 30.3 Å². The van der Waals surface area contributed by atoms with Crippen LogP contribution < -0.4 is 0 Å². The topological polar surface area (TPSA) is 53.4 Å². The Labute approximate surface area is 92.7 Å². The summed E-state index contributed by atoms with van der Waals surface area (Å²) >= 11 is 0. The van der Waals surface area contributed by atoms with Crippen LogP contribution in [-0.4, -0.2) is 21.3 Å². The van der Waals surface area contributed by atoms with Crippen molar-refractivity contribution >= 4 is 17.0 Å². The van der Waals surface area contributed by atoms with Crippen molar-refractivity contribution in [2.45, 2.75) is 12.2 Å². The second kappa shape index (κ2) is 3.40. The number of hydrogen-bond donors (Lipinski definition) is 2. The lowest BCUT2D eigenvalue weighted by Crippen LogP contribution is -2.20. The molecule has 1 heterocycles. The fraction of sp³-hybridized carbons (Fsp3) is 0.154. The normalized spacial score (nSPS) is 23.4. The lowest BCUT2D eigenvalue weighted by Gasteiger charge is -2.21. The molecule has 0 bridgehead atoms. The molecular weight excluding hydrogens is 202 g/mol. The molecule has 3 heteroatoms. The van der Waals surface area contributed by atoms with Gasteiger partial charge in [-0.25, -0.2) is 4.98 Å². The van der Waals surface area contributed by atoms with Crippen molar-refractivity contribution in [3.8, 4) is 0 Å². The van der Waals surface area contributed by atoms with Crippen LogP contribution in [0.5, 0.6) is 0 Å². The summed E-state index contributed by atoms with van der Waals surface area (Å²) in [6.07, 6.45) is 1.60. The number of aliphatic hydroxyl groups excluding tert-OH is 2. The Morgan fingerprint density at radius 1 is 1.12 bits per heavy atom. The van der Waals surface area contributed by atoms with Crippen LogP contribution in [0, 0.1) is 0 Å². The van der Waals surface area contributed by atoms with E-state index in [9.17, 15) is 10.2 Å². The van der Waals surface area contributed by atoms with E-state index in [4.69, 9.17) is 0 Å². The van der Waals surface area contributed by atoms with Crippen LogP contribution in [0.3, 0.4) is 0 Å². The number of fused-ring (bicyclic) bond motifs is 2. The number of nitrogens with zero attached hydrogens (tertiary/aromatic N) is 1. The third kappa shape index (κ3) is 1.33. The number of pyridine rings is 1. The van der Waals surface area contributed by atoms with Crippen molar-refractivity contribution in [1.82, 2.24) is 4.98 Å². The fourth-order valence-electron chi connectivity index (χ4n) is 2.00. The number of aromatic nitrogens is 1. The van der Waals surface area contributed by atoms with Gasteiger partial charge in [0.2, 0.25) is 0 Å². The Morgan fingerprint density at radius 3 is 2.81 bits per heavy atom. The van der Waals surface area contributed by atoms with E-state index >= 15 is 0 Å². The molecule has 3 nitrogen and oxygen atoms in total. The highest BCUT2D eigenvalue weighted by Gasteiger charge is 2.23. The molecule has 2 N–H and O–H groups in total. The van der Waals surface area contributed by atoms with Crippen molar-refractivity contribution in [2.75, 3.05) is 0 Å². The molecule has 0 aliphatic heterocycles. The van der Waals surface area contributed by atoms with Gasteiger partial charge in [0.15, 0.2) is 0 Å². The smallest absolute Gasteiger partial charge is 0.111 e. The van der Waals surface area contributed by atoms with Gasteiger partial charge in [-0.2, -0.15) is 0 Å². The maximum absolute atomic E-state index is 9.85. The molecule has 80 valence electrons. The molecule has 1 aliphatic carbocycles. The van der Waals surface area contributed by atoms with E-state index in [1.54, 1.807) is 12.2 Å². The van der Waals surface area contributed by atoms with E-state index in [1.165, 1.54) is 0 Å². The Morgan fingerprint density at radius 2 is 1.94 bits per heavy atom. The quantitative estimate of drug-likeness (QED) is 0.699. The van der Waals surface area contributed by atoms with Gasteiger partial charge in [-0.15, -0.1) is 0 Å². The number of benzene rings is 1. The van der Waals surface area contributed by atoms with Crippen molar-refractivity contribution in [1.29, 1.82) is 0 Å². The molecule has 1 aliphatic rings. The SMILES string of the molecule is OC1C=Cc2nc3ccccc3cc2C1O. The summed E-state index contributed by atoms with van der Waals surface area (Å²) in [5.41, 5.74) is 2.32. The van der Waals surface area contributed by atoms with Crippen molar-refractivity contribution in [3.05, 3.63) is 47.7 Å². The van der Waals surface area contributed by atoms with Gasteiger partial charge in [-0.1, -0.05) is 24.3 Å².